The second kappa shape index (κ2) is 2.94. The molecule has 0 aliphatic heterocycles. The molecule has 5 heteroatoms. The number of aliphatic carboxylic acids is 1. The lowest BCUT2D eigenvalue weighted by atomic mass is 10.0. The quantitative estimate of drug-likeness (QED) is 0.585. The molecule has 0 unspecified atom stereocenters. The van der Waals surface area contributed by atoms with Crippen LogP contribution in [0.5, 0.6) is 0 Å². The Kier molecular flexibility index (Phi) is 2.14. The molecule has 66 valence electrons. The lowest BCUT2D eigenvalue weighted by Crippen LogP contribution is -2.37. The van der Waals surface area contributed by atoms with Gasteiger partial charge in [0.1, 0.15) is 0 Å². The number of aromatic amines is 1. The first-order valence-electron chi connectivity index (χ1n) is 3.45. The van der Waals surface area contributed by atoms with Gasteiger partial charge in [-0.1, -0.05) is 0 Å². The number of carboxylic acid groups (broad SMARTS) is 1. The number of hydrogen-bond donors (Lipinski definition) is 3. The van der Waals surface area contributed by atoms with Crippen molar-refractivity contribution >= 4 is 5.97 Å². The van der Waals surface area contributed by atoms with E-state index in [4.69, 9.17) is 5.11 Å². The van der Waals surface area contributed by atoms with E-state index >= 15 is 0 Å². The second-order valence-electron chi connectivity index (χ2n) is 2.83. The third kappa shape index (κ3) is 1.82. The standard InChI is InChI=1S/C7H10N2O3/c1-7(12,6(10)11)2-5-3-8-4-9-5/h3-4,12H,2H2,1H3,(H,8,9)(H,10,11)/t7-/m0/s1. The van der Waals surface area contributed by atoms with E-state index < -0.39 is 11.6 Å². The molecule has 0 aliphatic rings. The highest BCUT2D eigenvalue weighted by atomic mass is 16.4. The van der Waals surface area contributed by atoms with Crippen LogP contribution in [0.3, 0.4) is 0 Å². The van der Waals surface area contributed by atoms with E-state index in [1.165, 1.54) is 19.4 Å². The number of carbonyl (C=O) groups is 1. The zero-order chi connectivity index (χ0) is 9.19. The fourth-order valence-electron chi connectivity index (χ4n) is 0.828. The van der Waals surface area contributed by atoms with Crippen LogP contribution >= 0.6 is 0 Å². The van der Waals surface area contributed by atoms with E-state index in [1.807, 2.05) is 0 Å². The zero-order valence-electron chi connectivity index (χ0n) is 6.61. The van der Waals surface area contributed by atoms with Crippen molar-refractivity contribution in [1.29, 1.82) is 0 Å². The highest BCUT2D eigenvalue weighted by Gasteiger charge is 2.30. The third-order valence-corrected chi connectivity index (χ3v) is 1.55. The molecule has 0 bridgehead atoms. The summed E-state index contributed by atoms with van der Waals surface area (Å²) in [5.41, 5.74) is -1.13. The van der Waals surface area contributed by atoms with Crippen molar-refractivity contribution in [3.8, 4) is 0 Å². The maximum absolute atomic E-state index is 10.5. The van der Waals surface area contributed by atoms with Gasteiger partial charge >= 0.3 is 5.97 Å². The van der Waals surface area contributed by atoms with Crippen LogP contribution in [0.4, 0.5) is 0 Å². The maximum Gasteiger partial charge on any atom is 0.335 e. The predicted octanol–water partition coefficient (Wildman–Crippen LogP) is -0.212. The van der Waals surface area contributed by atoms with Crippen molar-refractivity contribution in [3.63, 3.8) is 0 Å². The van der Waals surface area contributed by atoms with Crippen LogP contribution in [0.2, 0.25) is 0 Å². The van der Waals surface area contributed by atoms with Crippen LogP contribution in [-0.4, -0.2) is 31.8 Å². The minimum atomic E-state index is -1.73. The van der Waals surface area contributed by atoms with E-state index in [9.17, 15) is 9.90 Å². The monoisotopic (exact) mass is 170 g/mol. The number of nitrogens with one attached hydrogen (secondary N) is 1. The number of rotatable bonds is 3. The Morgan fingerprint density at radius 2 is 2.50 bits per heavy atom. The topological polar surface area (TPSA) is 86.2 Å². The van der Waals surface area contributed by atoms with E-state index in [-0.39, 0.29) is 6.42 Å². The van der Waals surface area contributed by atoms with Crippen LogP contribution in [0, 0.1) is 0 Å². The molecular weight excluding hydrogens is 160 g/mol. The van der Waals surface area contributed by atoms with E-state index in [1.54, 1.807) is 0 Å². The Morgan fingerprint density at radius 3 is 2.92 bits per heavy atom. The molecule has 0 radical (unpaired) electrons. The summed E-state index contributed by atoms with van der Waals surface area (Å²) in [6, 6.07) is 0. The second-order valence-corrected chi connectivity index (χ2v) is 2.83. The lowest BCUT2D eigenvalue weighted by Gasteiger charge is -2.15. The average molecular weight is 170 g/mol. The minimum Gasteiger partial charge on any atom is -0.479 e. The Balaban J connectivity index is 2.69. The van der Waals surface area contributed by atoms with Gasteiger partial charge in [0, 0.05) is 18.3 Å². The van der Waals surface area contributed by atoms with E-state index in [0.29, 0.717) is 5.69 Å². The van der Waals surface area contributed by atoms with Crippen molar-refractivity contribution in [2.45, 2.75) is 18.9 Å². The van der Waals surface area contributed by atoms with Gasteiger partial charge in [0.25, 0.3) is 0 Å². The molecule has 3 N–H and O–H groups in total. The summed E-state index contributed by atoms with van der Waals surface area (Å²) >= 11 is 0. The molecule has 5 nitrogen and oxygen atoms in total. The van der Waals surface area contributed by atoms with Crippen LogP contribution in [0.25, 0.3) is 0 Å². The van der Waals surface area contributed by atoms with Gasteiger partial charge < -0.3 is 15.2 Å². The van der Waals surface area contributed by atoms with Crippen molar-refractivity contribution < 1.29 is 15.0 Å². The smallest absolute Gasteiger partial charge is 0.335 e. The summed E-state index contributed by atoms with van der Waals surface area (Å²) in [4.78, 5) is 16.9. The molecule has 1 rings (SSSR count). The average Bonchev–Trinajstić information content (AvgIpc) is 2.38. The Morgan fingerprint density at radius 1 is 1.83 bits per heavy atom. The van der Waals surface area contributed by atoms with Crippen molar-refractivity contribution in [1.82, 2.24) is 9.97 Å². The van der Waals surface area contributed by atoms with Crippen molar-refractivity contribution in [2.75, 3.05) is 0 Å². The molecule has 1 atom stereocenters. The van der Waals surface area contributed by atoms with E-state index in [2.05, 4.69) is 9.97 Å². The molecule has 0 aromatic carbocycles. The van der Waals surface area contributed by atoms with Crippen molar-refractivity contribution in [3.05, 3.63) is 18.2 Å². The summed E-state index contributed by atoms with van der Waals surface area (Å²) in [5, 5.41) is 17.9. The van der Waals surface area contributed by atoms with Gasteiger partial charge in [-0.15, -0.1) is 0 Å². The highest BCUT2D eigenvalue weighted by molar-refractivity contribution is 5.76. The van der Waals surface area contributed by atoms with Gasteiger partial charge in [-0.25, -0.2) is 9.78 Å². The minimum absolute atomic E-state index is 0.0301. The number of aromatic nitrogens is 2. The summed E-state index contributed by atoms with van der Waals surface area (Å²) in [6.45, 7) is 1.25. The number of hydrogen-bond acceptors (Lipinski definition) is 3. The number of H-pyrrole nitrogens is 1. The molecule has 1 heterocycles. The highest BCUT2D eigenvalue weighted by Crippen LogP contribution is 2.10. The van der Waals surface area contributed by atoms with Gasteiger partial charge in [0.15, 0.2) is 5.60 Å². The number of imidazole rings is 1. The largest absolute Gasteiger partial charge is 0.479 e. The Labute approximate surface area is 69.1 Å². The zero-order valence-corrected chi connectivity index (χ0v) is 6.61. The molecule has 0 aliphatic carbocycles. The van der Waals surface area contributed by atoms with Gasteiger partial charge in [-0.3, -0.25) is 0 Å². The summed E-state index contributed by atoms with van der Waals surface area (Å²) in [7, 11) is 0. The maximum atomic E-state index is 10.5. The Hall–Kier alpha value is -1.36. The molecule has 12 heavy (non-hydrogen) atoms. The normalized spacial score (nSPS) is 15.5. The summed E-state index contributed by atoms with van der Waals surface area (Å²) in [5.74, 6) is -1.24. The molecule has 0 saturated carbocycles. The number of nitrogens with zero attached hydrogens (tertiary/aromatic N) is 1. The number of carboxylic acids is 1. The molecule has 1 aromatic rings. The fraction of sp³-hybridized carbons (Fsp3) is 0.429. The van der Waals surface area contributed by atoms with Crippen LogP contribution in [-0.2, 0) is 11.2 Å². The SMILES string of the molecule is C[C@](O)(Cc1cnc[nH]1)C(=O)O. The van der Waals surface area contributed by atoms with Gasteiger partial charge in [0.05, 0.1) is 6.33 Å². The van der Waals surface area contributed by atoms with Crippen LogP contribution in [0.15, 0.2) is 12.5 Å². The van der Waals surface area contributed by atoms with Crippen LogP contribution < -0.4 is 0 Å². The lowest BCUT2D eigenvalue weighted by molar-refractivity contribution is -0.156. The van der Waals surface area contributed by atoms with Gasteiger partial charge in [-0.2, -0.15) is 0 Å². The fourth-order valence-corrected chi connectivity index (χ4v) is 0.828. The summed E-state index contributed by atoms with van der Waals surface area (Å²) in [6.07, 6.45) is 2.95. The first kappa shape index (κ1) is 8.73. The van der Waals surface area contributed by atoms with Gasteiger partial charge in [-0.05, 0) is 6.92 Å². The van der Waals surface area contributed by atoms with Crippen molar-refractivity contribution in [2.24, 2.45) is 0 Å². The first-order valence-corrected chi connectivity index (χ1v) is 3.45. The van der Waals surface area contributed by atoms with Gasteiger partial charge in [0.2, 0.25) is 0 Å². The molecule has 0 amide bonds. The number of aliphatic hydroxyl groups is 1. The third-order valence-electron chi connectivity index (χ3n) is 1.55. The first-order chi connectivity index (χ1) is 5.52. The molecular formula is C7H10N2O3. The molecule has 0 fully saturated rings. The van der Waals surface area contributed by atoms with Crippen LogP contribution in [0.1, 0.15) is 12.6 Å². The van der Waals surface area contributed by atoms with E-state index in [0.717, 1.165) is 0 Å². The molecule has 0 saturated heterocycles. The molecule has 1 aromatic heterocycles. The molecule has 0 spiro atoms. The predicted molar refractivity (Wildman–Crippen MR) is 40.6 cm³/mol. The Bertz CT molecular complexity index is 266. The summed E-state index contributed by atoms with van der Waals surface area (Å²) < 4.78 is 0.